The van der Waals surface area contributed by atoms with Crippen LogP contribution in [0.15, 0.2) is 39.9 Å². The second-order valence-corrected chi connectivity index (χ2v) is 9.21. The normalized spacial score (nSPS) is 21.4. The molecule has 10 nitrogen and oxygen atoms in total. The van der Waals surface area contributed by atoms with Gasteiger partial charge in [-0.3, -0.25) is 28.7 Å². The van der Waals surface area contributed by atoms with Crippen LogP contribution in [0.5, 0.6) is 0 Å². The second-order valence-electron chi connectivity index (χ2n) is 9.21. The van der Waals surface area contributed by atoms with E-state index in [1.54, 1.807) is 6.92 Å². The number of rotatable bonds is 7. The molecule has 2 saturated carbocycles. The van der Waals surface area contributed by atoms with Crippen LogP contribution in [-0.4, -0.2) is 40.4 Å². The number of H-pyrrole nitrogens is 1. The highest BCUT2D eigenvalue weighted by Gasteiger charge is 2.42. The first-order valence-corrected chi connectivity index (χ1v) is 12.0. The molecule has 2 aromatic rings. The van der Waals surface area contributed by atoms with Crippen LogP contribution >= 0.6 is 0 Å². The molecule has 2 unspecified atom stereocenters. The zero-order valence-electron chi connectivity index (χ0n) is 19.7. The molecule has 4 rings (SSSR count). The van der Waals surface area contributed by atoms with E-state index in [4.69, 9.17) is 10.5 Å². The van der Waals surface area contributed by atoms with Crippen LogP contribution < -0.4 is 21.9 Å². The molecule has 0 aliphatic heterocycles. The third-order valence-electron chi connectivity index (χ3n) is 7.00. The first kappa shape index (κ1) is 24.4. The zero-order valence-corrected chi connectivity index (χ0v) is 19.7. The summed E-state index contributed by atoms with van der Waals surface area (Å²) >= 11 is 0. The Bertz CT molecular complexity index is 1220. The van der Waals surface area contributed by atoms with Crippen LogP contribution in [-0.2, 0) is 25.7 Å². The molecule has 0 spiro atoms. The molecule has 2 fully saturated rings. The number of nitrogen functional groups attached to an aromatic ring is 1. The summed E-state index contributed by atoms with van der Waals surface area (Å²) < 4.78 is 6.50. The highest BCUT2D eigenvalue weighted by Crippen LogP contribution is 2.40. The molecular formula is C25H30N4O6. The summed E-state index contributed by atoms with van der Waals surface area (Å²) in [5.41, 5.74) is 5.34. The quantitative estimate of drug-likeness (QED) is 0.568. The molecule has 1 amide bonds. The number of hydrogen-bond donors (Lipinski definition) is 2. The number of Topliss-reactive ketones (excluding diaryl/α,β-unsaturated/α-hetero) is 1. The molecule has 1 aromatic carbocycles. The van der Waals surface area contributed by atoms with E-state index in [0.717, 1.165) is 29.7 Å². The highest BCUT2D eigenvalue weighted by atomic mass is 16.5. The number of carbonyl (C=O) groups is 3. The van der Waals surface area contributed by atoms with Crippen molar-refractivity contribution in [2.75, 3.05) is 23.8 Å². The van der Waals surface area contributed by atoms with Crippen molar-refractivity contribution in [3.63, 3.8) is 0 Å². The number of nitrogens with zero attached hydrogens (tertiary/aromatic N) is 2. The van der Waals surface area contributed by atoms with Crippen LogP contribution in [0, 0.1) is 17.8 Å². The Labute approximate surface area is 202 Å². The predicted octanol–water partition coefficient (Wildman–Crippen LogP) is 1.46. The van der Waals surface area contributed by atoms with Crippen molar-refractivity contribution in [2.24, 2.45) is 17.8 Å². The SMILES string of the molecule is CCN(C(=O)COC(=O)C1CC2CCCC(C1)C2=O)c1c(N)n(Cc2ccccc2)c(=O)[nH]c1=O. The lowest BCUT2D eigenvalue weighted by atomic mass is 9.67. The van der Waals surface area contributed by atoms with Crippen LogP contribution in [0.25, 0.3) is 0 Å². The van der Waals surface area contributed by atoms with E-state index in [0.29, 0.717) is 12.8 Å². The number of hydrogen-bond acceptors (Lipinski definition) is 7. The number of esters is 1. The monoisotopic (exact) mass is 482 g/mol. The molecule has 2 aliphatic rings. The Kier molecular flexibility index (Phi) is 7.18. The molecule has 1 aromatic heterocycles. The highest BCUT2D eigenvalue weighted by molar-refractivity contribution is 5.97. The fraction of sp³-hybridized carbons (Fsp3) is 0.480. The van der Waals surface area contributed by atoms with Gasteiger partial charge in [-0.05, 0) is 38.2 Å². The van der Waals surface area contributed by atoms with E-state index < -0.39 is 35.7 Å². The van der Waals surface area contributed by atoms with Crippen LogP contribution in [0.1, 0.15) is 44.6 Å². The number of ether oxygens (including phenoxy) is 1. The minimum absolute atomic E-state index is 0.0787. The molecule has 10 heteroatoms. The van der Waals surface area contributed by atoms with Gasteiger partial charge in [-0.2, -0.15) is 0 Å². The summed E-state index contributed by atoms with van der Waals surface area (Å²) in [5.74, 6) is -1.66. The molecule has 2 atom stereocenters. The number of fused-ring (bicyclic) bond motifs is 2. The molecule has 35 heavy (non-hydrogen) atoms. The van der Waals surface area contributed by atoms with Crippen LogP contribution in [0.3, 0.4) is 0 Å². The van der Waals surface area contributed by atoms with Crippen molar-refractivity contribution >= 4 is 29.2 Å². The number of likely N-dealkylation sites (N-methyl/N-ethyl adjacent to an activating group) is 1. The zero-order chi connectivity index (χ0) is 25.1. The summed E-state index contributed by atoms with van der Waals surface area (Å²) in [6, 6.07) is 9.09. The van der Waals surface area contributed by atoms with Crippen molar-refractivity contribution in [1.29, 1.82) is 0 Å². The van der Waals surface area contributed by atoms with Crippen molar-refractivity contribution in [1.82, 2.24) is 9.55 Å². The molecule has 186 valence electrons. The summed E-state index contributed by atoms with van der Waals surface area (Å²) in [4.78, 5) is 66.3. The molecule has 1 heterocycles. The van der Waals surface area contributed by atoms with E-state index in [1.807, 2.05) is 30.3 Å². The Morgan fingerprint density at radius 1 is 1.11 bits per heavy atom. The van der Waals surface area contributed by atoms with Gasteiger partial charge in [0.15, 0.2) is 12.3 Å². The number of aromatic amines is 1. The maximum absolute atomic E-state index is 13.0. The minimum atomic E-state index is -0.794. The van der Waals surface area contributed by atoms with Crippen molar-refractivity contribution in [3.8, 4) is 0 Å². The van der Waals surface area contributed by atoms with Gasteiger partial charge in [0, 0.05) is 18.4 Å². The summed E-state index contributed by atoms with van der Waals surface area (Å²) in [5, 5.41) is 0. The van der Waals surface area contributed by atoms with Crippen LogP contribution in [0.2, 0.25) is 0 Å². The number of anilines is 2. The van der Waals surface area contributed by atoms with Crippen molar-refractivity contribution in [2.45, 2.75) is 45.6 Å². The number of amides is 1. The molecular weight excluding hydrogens is 452 g/mol. The number of aromatic nitrogens is 2. The first-order chi connectivity index (χ1) is 16.8. The van der Waals surface area contributed by atoms with Crippen LogP contribution in [0.4, 0.5) is 11.5 Å². The van der Waals surface area contributed by atoms with Gasteiger partial charge in [0.05, 0.1) is 12.5 Å². The van der Waals surface area contributed by atoms with E-state index in [-0.39, 0.29) is 42.2 Å². The number of nitrogens with one attached hydrogen (secondary N) is 1. The van der Waals surface area contributed by atoms with Gasteiger partial charge in [0.25, 0.3) is 11.5 Å². The summed E-state index contributed by atoms with van der Waals surface area (Å²) in [7, 11) is 0. The first-order valence-electron chi connectivity index (χ1n) is 12.0. The van der Waals surface area contributed by atoms with Gasteiger partial charge in [-0.25, -0.2) is 4.79 Å². The standard InChI is InChI=1S/C25H30N4O6/c1-2-28(19(30)14-35-24(33)18-11-16-9-6-10-17(12-18)21(16)31)20-22(26)29(25(34)27-23(20)32)13-15-7-4-3-5-8-15/h3-5,7-8,16-18H,2,6,9-14,26H2,1H3,(H,27,32,34). The Morgan fingerprint density at radius 2 is 1.77 bits per heavy atom. The largest absolute Gasteiger partial charge is 0.455 e. The van der Waals surface area contributed by atoms with E-state index in [1.165, 1.54) is 4.57 Å². The molecule has 3 N–H and O–H groups in total. The lowest BCUT2D eigenvalue weighted by Gasteiger charge is -2.36. The molecule has 0 radical (unpaired) electrons. The fourth-order valence-corrected chi connectivity index (χ4v) is 5.22. The number of nitrogens with two attached hydrogens (primary N) is 1. The number of benzene rings is 1. The lowest BCUT2D eigenvalue weighted by Crippen LogP contribution is -2.43. The molecule has 2 aliphatic carbocycles. The fourth-order valence-electron chi connectivity index (χ4n) is 5.22. The topological polar surface area (TPSA) is 145 Å². The average Bonchev–Trinajstić information content (AvgIpc) is 2.83. The number of carbonyl (C=O) groups excluding carboxylic acids is 3. The van der Waals surface area contributed by atoms with Gasteiger partial charge in [0.1, 0.15) is 11.6 Å². The van der Waals surface area contributed by atoms with Crippen molar-refractivity contribution < 1.29 is 19.1 Å². The smallest absolute Gasteiger partial charge is 0.330 e. The summed E-state index contributed by atoms with van der Waals surface area (Å²) in [6.45, 7) is 1.27. The van der Waals surface area contributed by atoms with Crippen molar-refractivity contribution in [3.05, 3.63) is 56.7 Å². The van der Waals surface area contributed by atoms with Gasteiger partial charge >= 0.3 is 11.7 Å². The van der Waals surface area contributed by atoms with E-state index in [9.17, 15) is 24.0 Å². The maximum Gasteiger partial charge on any atom is 0.330 e. The van der Waals surface area contributed by atoms with E-state index in [2.05, 4.69) is 4.98 Å². The predicted molar refractivity (Wildman–Crippen MR) is 129 cm³/mol. The van der Waals surface area contributed by atoms with Gasteiger partial charge < -0.3 is 15.4 Å². The molecule has 0 saturated heterocycles. The Morgan fingerprint density at radius 3 is 2.40 bits per heavy atom. The second kappa shape index (κ2) is 10.3. The summed E-state index contributed by atoms with van der Waals surface area (Å²) in [6.07, 6.45) is 3.49. The third kappa shape index (κ3) is 5.06. The minimum Gasteiger partial charge on any atom is -0.455 e. The number of ketones is 1. The van der Waals surface area contributed by atoms with Gasteiger partial charge in [-0.15, -0.1) is 0 Å². The Hall–Kier alpha value is -3.69. The van der Waals surface area contributed by atoms with E-state index >= 15 is 0 Å². The third-order valence-corrected chi connectivity index (χ3v) is 7.00. The maximum atomic E-state index is 13.0. The molecule has 2 bridgehead atoms. The Balaban J connectivity index is 1.48. The average molecular weight is 483 g/mol. The van der Waals surface area contributed by atoms with Gasteiger partial charge in [-0.1, -0.05) is 36.8 Å². The lowest BCUT2D eigenvalue weighted by molar-refractivity contribution is -0.156. The van der Waals surface area contributed by atoms with Gasteiger partial charge in [0.2, 0.25) is 0 Å².